The third-order valence-electron chi connectivity index (χ3n) is 5.41. The van der Waals surface area contributed by atoms with Gasteiger partial charge in [-0.25, -0.2) is 15.0 Å². The highest BCUT2D eigenvalue weighted by Crippen LogP contribution is 2.27. The Balaban J connectivity index is 1.74. The molecule has 0 saturated carbocycles. The number of nitrogens with zero attached hydrogens (tertiary/aromatic N) is 4. The SMILES string of the molecule is CCN(CC)CC(O)CNC(=O)c1ccc(C#Cc2c(N)ncc3nc(OC)c(OC)nc23)cc1. The maximum Gasteiger partial charge on any atom is 0.278 e. The van der Waals surface area contributed by atoms with Gasteiger partial charge in [0.15, 0.2) is 0 Å². The molecule has 3 aromatic rings. The standard InChI is InChI=1S/C25H30N6O4/c1-5-31(6-2)15-18(32)13-28-23(33)17-10-7-16(8-11-17)9-12-19-21-20(14-27-22(19)26)29-24(34-3)25(30-21)35-4/h7-8,10-11,14,18,32H,5-6,13,15H2,1-4H3,(H2,26,27)(H,28,33). The summed E-state index contributed by atoms with van der Waals surface area (Å²) in [7, 11) is 2.94. The number of carbonyl (C=O) groups is 1. The molecule has 0 spiro atoms. The number of rotatable bonds is 9. The molecule has 2 heterocycles. The number of hydrogen-bond acceptors (Lipinski definition) is 9. The summed E-state index contributed by atoms with van der Waals surface area (Å²) in [5.41, 5.74) is 8.53. The summed E-state index contributed by atoms with van der Waals surface area (Å²) >= 11 is 0. The van der Waals surface area contributed by atoms with E-state index in [0.29, 0.717) is 34.3 Å². The monoisotopic (exact) mass is 478 g/mol. The molecule has 2 aromatic heterocycles. The zero-order valence-electron chi connectivity index (χ0n) is 20.3. The number of aliphatic hydroxyl groups is 1. The molecule has 0 aliphatic carbocycles. The van der Waals surface area contributed by atoms with E-state index < -0.39 is 6.10 Å². The van der Waals surface area contributed by atoms with Crippen LogP contribution in [-0.2, 0) is 0 Å². The minimum absolute atomic E-state index is 0.180. The van der Waals surface area contributed by atoms with Gasteiger partial charge in [-0.2, -0.15) is 0 Å². The van der Waals surface area contributed by atoms with E-state index in [4.69, 9.17) is 15.2 Å². The number of nitrogens with two attached hydrogens (primary N) is 1. The highest BCUT2D eigenvalue weighted by atomic mass is 16.5. The lowest BCUT2D eigenvalue weighted by Gasteiger charge is -2.22. The number of ether oxygens (including phenoxy) is 2. The molecule has 1 atom stereocenters. The minimum Gasteiger partial charge on any atom is -0.477 e. The molecule has 10 heteroatoms. The van der Waals surface area contributed by atoms with Crippen molar-refractivity contribution in [1.82, 2.24) is 25.2 Å². The van der Waals surface area contributed by atoms with Crippen LogP contribution in [0.4, 0.5) is 5.82 Å². The molecule has 4 N–H and O–H groups in total. The van der Waals surface area contributed by atoms with Crippen molar-refractivity contribution in [2.24, 2.45) is 0 Å². The summed E-state index contributed by atoms with van der Waals surface area (Å²) in [6, 6.07) is 6.82. The van der Waals surface area contributed by atoms with Gasteiger partial charge in [0.2, 0.25) is 0 Å². The van der Waals surface area contributed by atoms with Crippen molar-refractivity contribution in [3.63, 3.8) is 0 Å². The second kappa shape index (κ2) is 12.0. The van der Waals surface area contributed by atoms with E-state index in [1.54, 1.807) is 24.3 Å². The predicted molar refractivity (Wildman–Crippen MR) is 133 cm³/mol. The fraction of sp³-hybridized carbons (Fsp3) is 0.360. The number of aromatic nitrogens is 3. The first-order chi connectivity index (χ1) is 16.9. The summed E-state index contributed by atoms with van der Waals surface area (Å²) < 4.78 is 10.4. The van der Waals surface area contributed by atoms with Gasteiger partial charge in [-0.1, -0.05) is 25.7 Å². The molecule has 0 radical (unpaired) electrons. The topological polar surface area (TPSA) is 136 Å². The molecule has 0 saturated heterocycles. The van der Waals surface area contributed by atoms with Crippen LogP contribution in [0.2, 0.25) is 0 Å². The first-order valence-electron chi connectivity index (χ1n) is 11.2. The minimum atomic E-state index is -0.634. The maximum atomic E-state index is 12.4. The quantitative estimate of drug-likeness (QED) is 0.391. The molecule has 35 heavy (non-hydrogen) atoms. The average molecular weight is 479 g/mol. The molecule has 0 aliphatic rings. The first-order valence-corrected chi connectivity index (χ1v) is 11.2. The number of aliphatic hydroxyl groups excluding tert-OH is 1. The van der Waals surface area contributed by atoms with Gasteiger partial charge < -0.3 is 30.5 Å². The number of amides is 1. The van der Waals surface area contributed by atoms with Gasteiger partial charge in [0, 0.05) is 24.2 Å². The highest BCUT2D eigenvalue weighted by molar-refractivity contribution is 5.94. The van der Waals surface area contributed by atoms with E-state index in [-0.39, 0.29) is 30.0 Å². The Labute approximate surface area is 204 Å². The number of hydrogen-bond donors (Lipinski definition) is 3. The van der Waals surface area contributed by atoms with Crippen LogP contribution < -0.4 is 20.5 Å². The fourth-order valence-electron chi connectivity index (χ4n) is 3.39. The Morgan fingerprint density at radius 3 is 2.40 bits per heavy atom. The molecule has 184 valence electrons. The Kier molecular flexibility index (Phi) is 8.78. The molecule has 0 aliphatic heterocycles. The number of carbonyl (C=O) groups excluding carboxylic acids is 1. The Bertz CT molecular complexity index is 1230. The van der Waals surface area contributed by atoms with Gasteiger partial charge in [0.05, 0.1) is 32.1 Å². The summed E-state index contributed by atoms with van der Waals surface area (Å²) in [6.45, 7) is 6.45. The summed E-state index contributed by atoms with van der Waals surface area (Å²) in [6.07, 6.45) is 0.863. The second-order valence-electron chi connectivity index (χ2n) is 7.67. The van der Waals surface area contributed by atoms with E-state index in [1.807, 2.05) is 13.8 Å². The number of nitrogens with one attached hydrogen (secondary N) is 1. The van der Waals surface area contributed by atoms with E-state index in [2.05, 4.69) is 37.0 Å². The van der Waals surface area contributed by atoms with Crippen LogP contribution in [-0.4, -0.2) is 77.4 Å². The summed E-state index contributed by atoms with van der Waals surface area (Å²) in [5, 5.41) is 12.9. The summed E-state index contributed by atoms with van der Waals surface area (Å²) in [4.78, 5) is 27.5. The normalized spacial score (nSPS) is 11.6. The zero-order chi connectivity index (χ0) is 25.4. The van der Waals surface area contributed by atoms with E-state index in [9.17, 15) is 9.90 Å². The Morgan fingerprint density at radius 2 is 1.77 bits per heavy atom. The second-order valence-corrected chi connectivity index (χ2v) is 7.67. The van der Waals surface area contributed by atoms with Crippen molar-refractivity contribution in [3.05, 3.63) is 47.2 Å². The van der Waals surface area contributed by atoms with Gasteiger partial charge in [0.25, 0.3) is 17.7 Å². The van der Waals surface area contributed by atoms with Crippen LogP contribution >= 0.6 is 0 Å². The van der Waals surface area contributed by atoms with Crippen LogP contribution in [0.25, 0.3) is 11.0 Å². The molecule has 0 fully saturated rings. The zero-order valence-corrected chi connectivity index (χ0v) is 20.3. The van der Waals surface area contributed by atoms with Crippen molar-refractivity contribution >= 4 is 22.8 Å². The van der Waals surface area contributed by atoms with E-state index in [1.165, 1.54) is 20.4 Å². The van der Waals surface area contributed by atoms with Crippen LogP contribution in [0, 0.1) is 11.8 Å². The third kappa shape index (κ3) is 6.35. The van der Waals surface area contributed by atoms with Gasteiger partial charge in [0.1, 0.15) is 16.9 Å². The lowest BCUT2D eigenvalue weighted by Crippen LogP contribution is -2.40. The number of fused-ring (bicyclic) bond motifs is 1. The average Bonchev–Trinajstić information content (AvgIpc) is 2.89. The number of benzene rings is 1. The largest absolute Gasteiger partial charge is 0.477 e. The van der Waals surface area contributed by atoms with Crippen molar-refractivity contribution in [1.29, 1.82) is 0 Å². The Morgan fingerprint density at radius 1 is 1.11 bits per heavy atom. The van der Waals surface area contributed by atoms with Gasteiger partial charge in [-0.05, 0) is 37.4 Å². The molecular weight excluding hydrogens is 448 g/mol. The van der Waals surface area contributed by atoms with E-state index >= 15 is 0 Å². The molecular formula is C25H30N6O4. The van der Waals surface area contributed by atoms with Crippen LogP contribution in [0.1, 0.15) is 35.3 Å². The van der Waals surface area contributed by atoms with Crippen molar-refractivity contribution < 1.29 is 19.4 Å². The van der Waals surface area contributed by atoms with Gasteiger partial charge in [-0.15, -0.1) is 0 Å². The highest BCUT2D eigenvalue weighted by Gasteiger charge is 2.15. The number of pyridine rings is 1. The van der Waals surface area contributed by atoms with Crippen LogP contribution in [0.5, 0.6) is 11.8 Å². The maximum absolute atomic E-state index is 12.4. The lowest BCUT2D eigenvalue weighted by molar-refractivity contribution is 0.0869. The van der Waals surface area contributed by atoms with Crippen molar-refractivity contribution in [3.8, 4) is 23.6 Å². The number of anilines is 1. The molecule has 10 nitrogen and oxygen atoms in total. The fourth-order valence-corrected chi connectivity index (χ4v) is 3.39. The van der Waals surface area contributed by atoms with Crippen LogP contribution in [0.3, 0.4) is 0 Å². The molecule has 3 rings (SSSR count). The molecule has 1 unspecified atom stereocenters. The molecule has 1 amide bonds. The van der Waals surface area contributed by atoms with Gasteiger partial charge >= 0.3 is 0 Å². The smallest absolute Gasteiger partial charge is 0.278 e. The number of nitrogen functional groups attached to an aromatic ring is 1. The van der Waals surface area contributed by atoms with E-state index in [0.717, 1.165) is 13.1 Å². The molecule has 1 aromatic carbocycles. The third-order valence-corrected chi connectivity index (χ3v) is 5.41. The van der Waals surface area contributed by atoms with Crippen molar-refractivity contribution in [2.75, 3.05) is 46.1 Å². The number of likely N-dealkylation sites (N-methyl/N-ethyl adjacent to an activating group) is 1. The Hall–Kier alpha value is -3.94. The predicted octanol–water partition coefficient (Wildman–Crippen LogP) is 1.46. The number of methoxy groups -OCH3 is 2. The van der Waals surface area contributed by atoms with Crippen molar-refractivity contribution in [2.45, 2.75) is 20.0 Å². The van der Waals surface area contributed by atoms with Crippen LogP contribution in [0.15, 0.2) is 30.5 Å². The van der Waals surface area contributed by atoms with Gasteiger partial charge in [-0.3, -0.25) is 4.79 Å². The summed E-state index contributed by atoms with van der Waals surface area (Å²) in [5.74, 6) is 6.43. The lowest BCUT2D eigenvalue weighted by atomic mass is 10.1. The first kappa shape index (κ1) is 25.7. The molecule has 0 bridgehead atoms.